The maximum Gasteiger partial charge on any atom is 0.221 e. The van der Waals surface area contributed by atoms with Gasteiger partial charge in [-0.25, -0.2) is 19.8 Å². The first-order valence-corrected chi connectivity index (χ1v) is 24.4. The fraction of sp³-hybridized carbons (Fsp3) is 0.0149. The standard InChI is InChI=1S/C67H41N7/c1-69-67-59(51-35-33-49-53(42-21-9-3-10-22-42)38-56(44-25-13-5-14-26-44)70-63(49)65(51)73-62(67)47-31-19-8-20-32-47)48-37-58(74(2)41-48)60-52-36-34-50-54(43-23-11-4-12-24-43)39-57(45-27-15-6-16-28-45)71-64(50)66(52)72-61(55(60)40-68)46-29-17-7-18-30-46/h3-39,41H,2H3. The molecule has 0 N–H and O–H groups in total. The molecule has 0 saturated heterocycles. The van der Waals surface area contributed by atoms with Crippen molar-refractivity contribution in [3.05, 3.63) is 248 Å². The van der Waals surface area contributed by atoms with Crippen LogP contribution in [0.2, 0.25) is 0 Å². The van der Waals surface area contributed by atoms with Crippen LogP contribution in [0, 0.1) is 17.9 Å². The van der Waals surface area contributed by atoms with Crippen molar-refractivity contribution >= 4 is 49.3 Å². The Balaban J connectivity index is 1.12. The maximum absolute atomic E-state index is 11.4. The fourth-order valence-corrected chi connectivity index (χ4v) is 10.6. The van der Waals surface area contributed by atoms with E-state index in [-0.39, 0.29) is 0 Å². The summed E-state index contributed by atoms with van der Waals surface area (Å²) in [5, 5.41) is 14.9. The zero-order chi connectivity index (χ0) is 49.7. The Bertz CT molecular complexity index is 4410. The van der Waals surface area contributed by atoms with Crippen molar-refractivity contribution in [3.8, 4) is 95.7 Å². The molecule has 8 aromatic carbocycles. The molecule has 0 atom stereocenters. The van der Waals surface area contributed by atoms with Gasteiger partial charge in [-0.05, 0) is 57.0 Å². The van der Waals surface area contributed by atoms with E-state index in [1.165, 1.54) is 0 Å². The van der Waals surface area contributed by atoms with Gasteiger partial charge in [0.25, 0.3) is 0 Å². The molecule has 5 heterocycles. The Morgan fingerprint density at radius 2 is 0.784 bits per heavy atom. The van der Waals surface area contributed by atoms with Gasteiger partial charge in [-0.3, -0.25) is 4.98 Å². The van der Waals surface area contributed by atoms with Gasteiger partial charge in [-0.2, -0.15) is 5.26 Å². The number of fused-ring (bicyclic) bond motifs is 6. The van der Waals surface area contributed by atoms with Gasteiger partial charge in [-0.15, -0.1) is 0 Å². The molecule has 0 aliphatic carbocycles. The molecule has 7 heteroatoms. The van der Waals surface area contributed by atoms with Crippen molar-refractivity contribution in [2.75, 3.05) is 0 Å². The molecule has 0 unspecified atom stereocenters. The summed E-state index contributed by atoms with van der Waals surface area (Å²) in [6.45, 7) is 8.91. The van der Waals surface area contributed by atoms with Crippen molar-refractivity contribution in [3.63, 3.8) is 0 Å². The normalized spacial score (nSPS) is 11.3. The highest BCUT2D eigenvalue weighted by molar-refractivity contribution is 6.18. The Labute approximate surface area is 427 Å². The van der Waals surface area contributed by atoms with Crippen molar-refractivity contribution in [2.45, 2.75) is 0 Å². The molecule has 13 aromatic rings. The SMILES string of the molecule is [C-]#[N+]c1c(-c2ccccc2)nc2c(ccc3c(-c4ccccc4)cc(-c4ccccc4)nc32)c1-c1cc(-c2c(C#N)c(-c3ccccc3)nc3c2ccc2c(-c4ccccc4)cc(-c4ccccc4)nc23)n(C)c1. The molecule has 7 nitrogen and oxygen atoms in total. The average molecular weight is 944 g/mol. The minimum atomic E-state index is 0.421. The predicted molar refractivity (Wildman–Crippen MR) is 301 cm³/mol. The smallest absolute Gasteiger partial charge is 0.221 e. The molecule has 0 aliphatic rings. The van der Waals surface area contributed by atoms with E-state index in [4.69, 9.17) is 26.5 Å². The van der Waals surface area contributed by atoms with E-state index in [0.29, 0.717) is 33.7 Å². The number of aryl methyl sites for hydroxylation is 1. The van der Waals surface area contributed by atoms with E-state index >= 15 is 0 Å². The van der Waals surface area contributed by atoms with Crippen LogP contribution in [-0.2, 0) is 7.05 Å². The van der Waals surface area contributed by atoms with Gasteiger partial charge in [0.05, 0.1) is 62.7 Å². The minimum Gasteiger partial charge on any atom is -0.350 e. The van der Waals surface area contributed by atoms with Gasteiger partial charge in [0.1, 0.15) is 6.07 Å². The summed E-state index contributed by atoms with van der Waals surface area (Å²) in [7, 11) is 2.00. The van der Waals surface area contributed by atoms with Crippen molar-refractivity contribution in [1.82, 2.24) is 24.5 Å². The molecule has 74 heavy (non-hydrogen) atoms. The van der Waals surface area contributed by atoms with Crippen molar-refractivity contribution in [1.29, 1.82) is 5.26 Å². The van der Waals surface area contributed by atoms with Crippen LogP contribution in [0.25, 0.3) is 138 Å². The van der Waals surface area contributed by atoms with Crippen LogP contribution in [-0.4, -0.2) is 24.5 Å². The zero-order valence-corrected chi connectivity index (χ0v) is 40.1. The number of rotatable bonds is 8. The van der Waals surface area contributed by atoms with Crippen molar-refractivity contribution < 1.29 is 0 Å². The Morgan fingerprint density at radius 1 is 0.405 bits per heavy atom. The van der Waals surface area contributed by atoms with E-state index < -0.39 is 0 Å². The van der Waals surface area contributed by atoms with E-state index in [9.17, 15) is 5.26 Å². The lowest BCUT2D eigenvalue weighted by Crippen LogP contribution is -2.01. The lowest BCUT2D eigenvalue weighted by atomic mass is 9.91. The lowest BCUT2D eigenvalue weighted by Gasteiger charge is -2.17. The molecule has 0 fully saturated rings. The molecule has 5 aromatic heterocycles. The van der Waals surface area contributed by atoms with Gasteiger partial charge in [0.15, 0.2) is 0 Å². The minimum absolute atomic E-state index is 0.421. The van der Waals surface area contributed by atoms with E-state index in [1.54, 1.807) is 0 Å². The van der Waals surface area contributed by atoms with Crippen LogP contribution in [0.5, 0.6) is 0 Å². The Kier molecular flexibility index (Phi) is 10.7. The number of hydrogen-bond donors (Lipinski definition) is 0. The number of benzene rings is 8. The predicted octanol–water partition coefficient (Wildman–Crippen LogP) is 17.0. The summed E-state index contributed by atoms with van der Waals surface area (Å²) >= 11 is 0. The first-order chi connectivity index (χ1) is 36.5. The largest absolute Gasteiger partial charge is 0.350 e. The highest BCUT2D eigenvalue weighted by atomic mass is 14.9. The third-order valence-corrected chi connectivity index (χ3v) is 14.0. The Morgan fingerprint density at radius 3 is 1.23 bits per heavy atom. The van der Waals surface area contributed by atoms with Gasteiger partial charge in [-0.1, -0.05) is 206 Å². The topological polar surface area (TPSA) is 84.6 Å². The van der Waals surface area contributed by atoms with E-state index in [1.807, 2.05) is 116 Å². The summed E-state index contributed by atoms with van der Waals surface area (Å²) < 4.78 is 2.07. The maximum atomic E-state index is 11.4. The number of hydrogen-bond acceptors (Lipinski definition) is 5. The van der Waals surface area contributed by atoms with Gasteiger partial charge in [0.2, 0.25) is 5.69 Å². The number of nitrogens with zero attached hydrogens (tertiary/aromatic N) is 7. The van der Waals surface area contributed by atoms with Crippen LogP contribution in [0.15, 0.2) is 231 Å². The second kappa shape index (κ2) is 18.1. The monoisotopic (exact) mass is 943 g/mol. The second-order valence-corrected chi connectivity index (χ2v) is 18.4. The molecule has 0 saturated carbocycles. The number of nitriles is 1. The number of aromatic nitrogens is 5. The molecule has 0 spiro atoms. The molecule has 0 amide bonds. The van der Waals surface area contributed by atoms with Crippen LogP contribution in [0.3, 0.4) is 0 Å². The highest BCUT2D eigenvalue weighted by Crippen LogP contribution is 2.48. The molecular weight excluding hydrogens is 903 g/mol. The van der Waals surface area contributed by atoms with Crippen LogP contribution in [0.1, 0.15) is 5.56 Å². The third-order valence-electron chi connectivity index (χ3n) is 14.0. The van der Waals surface area contributed by atoms with E-state index in [2.05, 4.69) is 137 Å². The zero-order valence-electron chi connectivity index (χ0n) is 40.1. The lowest BCUT2D eigenvalue weighted by molar-refractivity contribution is 0.938. The molecule has 0 bridgehead atoms. The third kappa shape index (κ3) is 7.35. The second-order valence-electron chi connectivity index (χ2n) is 18.4. The molecule has 0 aliphatic heterocycles. The first kappa shape index (κ1) is 43.7. The quantitative estimate of drug-likeness (QED) is 0.112. The number of pyridine rings is 4. The molecule has 344 valence electrons. The van der Waals surface area contributed by atoms with Crippen LogP contribution >= 0.6 is 0 Å². The Hall–Kier alpha value is -10.3. The molecular formula is C67H41N7. The molecule has 13 rings (SSSR count). The molecule has 0 radical (unpaired) electrons. The van der Waals surface area contributed by atoms with Gasteiger partial charge >= 0.3 is 0 Å². The summed E-state index contributed by atoms with van der Waals surface area (Å²) in [4.78, 5) is 26.1. The first-order valence-electron chi connectivity index (χ1n) is 24.4. The van der Waals surface area contributed by atoms with Gasteiger partial charge in [0, 0.05) is 57.2 Å². The highest BCUT2D eigenvalue weighted by Gasteiger charge is 2.27. The average Bonchev–Trinajstić information content (AvgIpc) is 3.88. The fourth-order valence-electron chi connectivity index (χ4n) is 10.6. The van der Waals surface area contributed by atoms with Gasteiger partial charge < -0.3 is 4.57 Å². The van der Waals surface area contributed by atoms with Crippen LogP contribution in [0.4, 0.5) is 5.69 Å². The van der Waals surface area contributed by atoms with Crippen molar-refractivity contribution in [2.24, 2.45) is 7.05 Å². The summed E-state index contributed by atoms with van der Waals surface area (Å²) in [5.41, 5.74) is 17.3. The summed E-state index contributed by atoms with van der Waals surface area (Å²) in [6.07, 6.45) is 2.07. The van der Waals surface area contributed by atoms with Crippen LogP contribution < -0.4 is 0 Å². The van der Waals surface area contributed by atoms with E-state index in [0.717, 1.165) is 111 Å². The summed E-state index contributed by atoms with van der Waals surface area (Å²) in [6, 6.07) is 78.5. The summed E-state index contributed by atoms with van der Waals surface area (Å²) in [5.74, 6) is 0.